The molecule has 0 spiro atoms. The quantitative estimate of drug-likeness (QED) is 0.578. The lowest BCUT2D eigenvalue weighted by molar-refractivity contribution is 0.0519. The van der Waals surface area contributed by atoms with Crippen molar-refractivity contribution < 1.29 is 0 Å². The summed E-state index contributed by atoms with van der Waals surface area (Å²) in [6, 6.07) is 2.80. The van der Waals surface area contributed by atoms with E-state index in [0.717, 1.165) is 18.1 Å². The fourth-order valence-electron chi connectivity index (χ4n) is 2.37. The molecular formula is C10H17N2-. The Morgan fingerprint density at radius 3 is 1.75 bits per heavy atom. The van der Waals surface area contributed by atoms with Crippen molar-refractivity contribution in [2.24, 2.45) is 0 Å². The van der Waals surface area contributed by atoms with Crippen LogP contribution in [-0.2, 0) is 0 Å². The molecule has 0 atom stereocenters. The van der Waals surface area contributed by atoms with Gasteiger partial charge >= 0.3 is 0 Å². The van der Waals surface area contributed by atoms with Gasteiger partial charge in [0.15, 0.2) is 0 Å². The van der Waals surface area contributed by atoms with E-state index in [1.54, 1.807) is 0 Å². The lowest BCUT2D eigenvalue weighted by Gasteiger charge is -2.49. The summed E-state index contributed by atoms with van der Waals surface area (Å²) in [6.45, 7) is 2.43. The number of nitrogens with zero attached hydrogens (tertiary/aromatic N) is 2. The topological polar surface area (TPSA) is 6.48 Å². The summed E-state index contributed by atoms with van der Waals surface area (Å²) in [5, 5.41) is 0. The van der Waals surface area contributed by atoms with Gasteiger partial charge in [-0.2, -0.15) is 0 Å². The molecule has 0 bridgehead atoms. The van der Waals surface area contributed by atoms with Crippen LogP contribution in [0, 0.1) is 7.05 Å². The first-order valence-electron chi connectivity index (χ1n) is 5.17. The van der Waals surface area contributed by atoms with Gasteiger partial charge in [-0.05, 0) is 38.8 Å². The van der Waals surface area contributed by atoms with E-state index in [4.69, 9.17) is 0 Å². The molecule has 0 amide bonds. The Kier molecular flexibility index (Phi) is 1.50. The molecule has 2 heteroatoms. The lowest BCUT2D eigenvalue weighted by Crippen LogP contribution is -2.58. The Labute approximate surface area is 74.5 Å². The van der Waals surface area contributed by atoms with Gasteiger partial charge in [-0.25, -0.2) is 0 Å². The van der Waals surface area contributed by atoms with Crippen molar-refractivity contribution >= 4 is 0 Å². The first kappa shape index (κ1) is 7.34. The van der Waals surface area contributed by atoms with Gasteiger partial charge in [-0.15, -0.1) is 0 Å². The predicted octanol–water partition coefficient (Wildman–Crippen LogP) is 1.09. The first-order valence-corrected chi connectivity index (χ1v) is 5.17. The van der Waals surface area contributed by atoms with E-state index in [2.05, 4.69) is 16.8 Å². The summed E-state index contributed by atoms with van der Waals surface area (Å²) < 4.78 is 0. The van der Waals surface area contributed by atoms with E-state index in [-0.39, 0.29) is 0 Å². The van der Waals surface area contributed by atoms with E-state index in [1.165, 1.54) is 38.8 Å². The molecule has 0 radical (unpaired) electrons. The normalized spacial score (nSPS) is 32.5. The summed E-state index contributed by atoms with van der Waals surface area (Å²) in [6.07, 6.45) is 5.85. The van der Waals surface area contributed by atoms with Gasteiger partial charge in [0, 0.05) is 18.1 Å². The first-order chi connectivity index (χ1) is 5.84. The molecule has 1 saturated heterocycles. The van der Waals surface area contributed by atoms with E-state index in [1.807, 2.05) is 0 Å². The SMILES string of the molecule is [CH2-]N1CC(N(C2CC2)C2CC2)C1. The Bertz CT molecular complexity index is 166. The zero-order valence-electron chi connectivity index (χ0n) is 7.58. The highest BCUT2D eigenvalue weighted by Gasteiger charge is 2.44. The van der Waals surface area contributed by atoms with Gasteiger partial charge in [0.05, 0.1) is 0 Å². The third-order valence-corrected chi connectivity index (χ3v) is 3.30. The van der Waals surface area contributed by atoms with Crippen LogP contribution in [0.4, 0.5) is 0 Å². The second kappa shape index (κ2) is 2.46. The maximum Gasteiger partial charge on any atom is 0.0308 e. The van der Waals surface area contributed by atoms with Gasteiger partial charge in [0.2, 0.25) is 0 Å². The van der Waals surface area contributed by atoms with Gasteiger partial charge in [-0.3, -0.25) is 11.9 Å². The molecule has 2 saturated carbocycles. The maximum absolute atomic E-state index is 3.94. The minimum Gasteiger partial charge on any atom is -0.457 e. The molecular weight excluding hydrogens is 148 g/mol. The minimum absolute atomic E-state index is 0.863. The molecule has 1 aliphatic heterocycles. The molecule has 2 nitrogen and oxygen atoms in total. The summed E-state index contributed by atoms with van der Waals surface area (Å²) in [4.78, 5) is 4.98. The molecule has 0 N–H and O–H groups in total. The van der Waals surface area contributed by atoms with Crippen LogP contribution >= 0.6 is 0 Å². The molecule has 0 unspecified atom stereocenters. The fraction of sp³-hybridized carbons (Fsp3) is 0.900. The molecule has 3 rings (SSSR count). The van der Waals surface area contributed by atoms with Crippen LogP contribution in [0.1, 0.15) is 25.7 Å². The van der Waals surface area contributed by atoms with Crippen molar-refractivity contribution in [3.63, 3.8) is 0 Å². The number of hydrogen-bond donors (Lipinski definition) is 0. The van der Waals surface area contributed by atoms with Crippen LogP contribution in [0.15, 0.2) is 0 Å². The predicted molar refractivity (Wildman–Crippen MR) is 48.6 cm³/mol. The Morgan fingerprint density at radius 2 is 1.42 bits per heavy atom. The van der Waals surface area contributed by atoms with Crippen LogP contribution in [0.3, 0.4) is 0 Å². The smallest absolute Gasteiger partial charge is 0.0308 e. The molecule has 0 aromatic rings. The second-order valence-electron chi connectivity index (χ2n) is 4.60. The van der Waals surface area contributed by atoms with Crippen molar-refractivity contribution in [3.05, 3.63) is 7.05 Å². The molecule has 68 valence electrons. The summed E-state index contributed by atoms with van der Waals surface area (Å²) in [5.74, 6) is 0. The van der Waals surface area contributed by atoms with Gasteiger partial charge < -0.3 is 4.90 Å². The average molecular weight is 165 g/mol. The highest BCUT2D eigenvalue weighted by molar-refractivity contribution is 5.02. The zero-order valence-corrected chi connectivity index (χ0v) is 7.58. The summed E-state index contributed by atoms with van der Waals surface area (Å²) in [5.41, 5.74) is 0. The highest BCUT2D eigenvalue weighted by Crippen LogP contribution is 2.40. The van der Waals surface area contributed by atoms with Gasteiger partial charge in [0.25, 0.3) is 0 Å². The van der Waals surface area contributed by atoms with Gasteiger partial charge in [-0.1, -0.05) is 0 Å². The molecule has 1 heterocycles. The van der Waals surface area contributed by atoms with Gasteiger partial charge in [0.1, 0.15) is 0 Å². The highest BCUT2D eigenvalue weighted by atomic mass is 15.3. The monoisotopic (exact) mass is 165 g/mol. The largest absolute Gasteiger partial charge is 0.457 e. The fourth-order valence-corrected chi connectivity index (χ4v) is 2.37. The van der Waals surface area contributed by atoms with Crippen molar-refractivity contribution in [1.82, 2.24) is 9.80 Å². The number of rotatable bonds is 3. The van der Waals surface area contributed by atoms with Crippen LogP contribution in [0.2, 0.25) is 0 Å². The maximum atomic E-state index is 3.94. The summed E-state index contributed by atoms with van der Waals surface area (Å²) >= 11 is 0. The Balaban J connectivity index is 1.62. The van der Waals surface area contributed by atoms with Crippen LogP contribution in [0.25, 0.3) is 0 Å². The van der Waals surface area contributed by atoms with Crippen LogP contribution in [0.5, 0.6) is 0 Å². The molecule has 3 aliphatic rings. The summed E-state index contributed by atoms with van der Waals surface area (Å²) in [7, 11) is 3.94. The third kappa shape index (κ3) is 1.17. The van der Waals surface area contributed by atoms with Crippen LogP contribution in [-0.4, -0.2) is 41.0 Å². The molecule has 3 fully saturated rings. The van der Waals surface area contributed by atoms with Crippen molar-refractivity contribution in [1.29, 1.82) is 0 Å². The van der Waals surface area contributed by atoms with Crippen molar-refractivity contribution in [3.8, 4) is 0 Å². The Morgan fingerprint density at radius 1 is 0.917 bits per heavy atom. The number of hydrogen-bond acceptors (Lipinski definition) is 2. The van der Waals surface area contributed by atoms with Crippen LogP contribution < -0.4 is 0 Å². The average Bonchev–Trinajstić information content (AvgIpc) is 2.80. The van der Waals surface area contributed by atoms with E-state index >= 15 is 0 Å². The van der Waals surface area contributed by atoms with E-state index in [0.29, 0.717) is 0 Å². The molecule has 0 aromatic heterocycles. The molecule has 12 heavy (non-hydrogen) atoms. The van der Waals surface area contributed by atoms with E-state index < -0.39 is 0 Å². The van der Waals surface area contributed by atoms with Crippen molar-refractivity contribution in [2.75, 3.05) is 13.1 Å². The third-order valence-electron chi connectivity index (χ3n) is 3.30. The molecule has 0 aromatic carbocycles. The van der Waals surface area contributed by atoms with Crippen molar-refractivity contribution in [2.45, 2.75) is 43.8 Å². The second-order valence-corrected chi connectivity index (χ2v) is 4.60. The molecule has 2 aliphatic carbocycles. The Hall–Kier alpha value is -0.0800. The standard InChI is InChI=1S/C10H17N2/c1-11-6-10(7-11)12(8-2-3-8)9-4-5-9/h8-10H,1-7H2/q-1. The van der Waals surface area contributed by atoms with E-state index in [9.17, 15) is 0 Å². The number of likely N-dealkylation sites (tertiary alicyclic amines) is 1. The lowest BCUT2D eigenvalue weighted by atomic mass is 10.1. The zero-order chi connectivity index (χ0) is 8.13. The minimum atomic E-state index is 0.863.